The van der Waals surface area contributed by atoms with Crippen molar-refractivity contribution in [3.63, 3.8) is 0 Å². The number of hydrogen-bond donors (Lipinski definition) is 1. The Hall–Kier alpha value is -1.95. The van der Waals surface area contributed by atoms with Crippen LogP contribution in [0.4, 0.5) is 4.39 Å². The second-order valence-electron chi connectivity index (χ2n) is 5.03. The lowest BCUT2D eigenvalue weighted by atomic mass is 10.1. The molecule has 1 N–H and O–H groups in total. The molecule has 6 heteroatoms. The van der Waals surface area contributed by atoms with Crippen molar-refractivity contribution in [1.29, 1.82) is 0 Å². The van der Waals surface area contributed by atoms with Crippen molar-refractivity contribution in [1.82, 2.24) is 4.90 Å². The molecule has 1 saturated heterocycles. The fourth-order valence-electron chi connectivity index (χ4n) is 2.39. The van der Waals surface area contributed by atoms with Crippen molar-refractivity contribution in [2.75, 3.05) is 19.7 Å². The zero-order chi connectivity index (χ0) is 15.4. The molecule has 114 valence electrons. The van der Waals surface area contributed by atoms with Crippen molar-refractivity contribution in [3.8, 4) is 0 Å². The lowest BCUT2D eigenvalue weighted by molar-refractivity contribution is -0.0251. The van der Waals surface area contributed by atoms with Gasteiger partial charge in [0.15, 0.2) is 0 Å². The molecule has 0 saturated carbocycles. The van der Waals surface area contributed by atoms with Gasteiger partial charge in [0.05, 0.1) is 23.8 Å². The average Bonchev–Trinajstić information content (AvgIpc) is 2.47. The predicted molar refractivity (Wildman–Crippen MR) is 73.9 cm³/mol. The normalized spacial score (nSPS) is 18.6. The van der Waals surface area contributed by atoms with Crippen LogP contribution in [0.1, 0.15) is 40.5 Å². The lowest BCUT2D eigenvalue weighted by Crippen LogP contribution is -2.45. The number of carbonyl (C=O) groups excluding carboxylic acids is 1. The van der Waals surface area contributed by atoms with Crippen LogP contribution in [0.3, 0.4) is 0 Å². The van der Waals surface area contributed by atoms with Gasteiger partial charge in [-0.1, -0.05) is 13.3 Å². The Kier molecular flexibility index (Phi) is 4.90. The topological polar surface area (TPSA) is 66.8 Å². The van der Waals surface area contributed by atoms with Crippen LogP contribution < -0.4 is 0 Å². The van der Waals surface area contributed by atoms with E-state index in [0.717, 1.165) is 18.9 Å². The molecule has 1 atom stereocenters. The molecule has 1 aliphatic heterocycles. The van der Waals surface area contributed by atoms with E-state index in [9.17, 15) is 14.0 Å². The maximum Gasteiger partial charge on any atom is 0.335 e. The van der Waals surface area contributed by atoms with Crippen molar-refractivity contribution in [2.45, 2.75) is 25.9 Å². The number of aromatic carboxylic acids is 1. The van der Waals surface area contributed by atoms with Gasteiger partial charge in [-0.05, 0) is 24.6 Å². The fraction of sp³-hybridized carbons (Fsp3) is 0.467. The Balaban J connectivity index is 2.14. The summed E-state index contributed by atoms with van der Waals surface area (Å²) >= 11 is 0. The van der Waals surface area contributed by atoms with Gasteiger partial charge in [0, 0.05) is 13.1 Å². The average molecular weight is 295 g/mol. The molecule has 0 aliphatic carbocycles. The van der Waals surface area contributed by atoms with E-state index in [-0.39, 0.29) is 17.2 Å². The first kappa shape index (κ1) is 15.4. The molecule has 5 nitrogen and oxygen atoms in total. The largest absolute Gasteiger partial charge is 0.478 e. The summed E-state index contributed by atoms with van der Waals surface area (Å²) in [6.45, 7) is 3.33. The quantitative estimate of drug-likeness (QED) is 0.924. The van der Waals surface area contributed by atoms with Crippen LogP contribution in [0.2, 0.25) is 0 Å². The van der Waals surface area contributed by atoms with Crippen LogP contribution in [-0.4, -0.2) is 47.7 Å². The van der Waals surface area contributed by atoms with Gasteiger partial charge in [-0.3, -0.25) is 4.79 Å². The van der Waals surface area contributed by atoms with E-state index in [1.807, 2.05) is 6.92 Å². The monoisotopic (exact) mass is 295 g/mol. The third kappa shape index (κ3) is 3.58. The number of carbonyl (C=O) groups is 2. The van der Waals surface area contributed by atoms with Gasteiger partial charge in [0.25, 0.3) is 5.91 Å². The molecule has 1 aromatic rings. The molecular formula is C15H18FNO4. The highest BCUT2D eigenvalue weighted by molar-refractivity contribution is 5.96. The Morgan fingerprint density at radius 3 is 2.86 bits per heavy atom. The molecule has 1 aromatic carbocycles. The minimum absolute atomic E-state index is 0.0194. The first-order valence-electron chi connectivity index (χ1n) is 6.96. The molecule has 0 aromatic heterocycles. The molecule has 1 amide bonds. The van der Waals surface area contributed by atoms with Crippen molar-refractivity contribution in [2.24, 2.45) is 0 Å². The third-order valence-electron chi connectivity index (χ3n) is 3.48. The van der Waals surface area contributed by atoms with E-state index in [2.05, 4.69) is 0 Å². The first-order valence-corrected chi connectivity index (χ1v) is 6.96. The molecular weight excluding hydrogens is 277 g/mol. The number of morpholine rings is 1. The van der Waals surface area contributed by atoms with E-state index in [1.165, 1.54) is 12.1 Å². The number of ether oxygens (including phenoxy) is 1. The lowest BCUT2D eigenvalue weighted by Gasteiger charge is -2.33. The van der Waals surface area contributed by atoms with Crippen LogP contribution in [0.25, 0.3) is 0 Å². The third-order valence-corrected chi connectivity index (χ3v) is 3.48. The number of hydrogen-bond acceptors (Lipinski definition) is 3. The summed E-state index contributed by atoms with van der Waals surface area (Å²) in [5.74, 6) is -2.45. The van der Waals surface area contributed by atoms with Gasteiger partial charge in [-0.25, -0.2) is 9.18 Å². The zero-order valence-electron chi connectivity index (χ0n) is 11.8. The van der Waals surface area contributed by atoms with Crippen molar-refractivity contribution >= 4 is 11.9 Å². The van der Waals surface area contributed by atoms with E-state index >= 15 is 0 Å². The number of halogens is 1. The smallest absolute Gasteiger partial charge is 0.335 e. The summed E-state index contributed by atoms with van der Waals surface area (Å²) in [5, 5.41) is 8.80. The highest BCUT2D eigenvalue weighted by Crippen LogP contribution is 2.17. The summed E-state index contributed by atoms with van der Waals surface area (Å²) in [7, 11) is 0. The number of rotatable bonds is 4. The van der Waals surface area contributed by atoms with Gasteiger partial charge < -0.3 is 14.7 Å². The Morgan fingerprint density at radius 1 is 1.48 bits per heavy atom. The second-order valence-corrected chi connectivity index (χ2v) is 5.03. The van der Waals surface area contributed by atoms with Gasteiger partial charge in [0.2, 0.25) is 0 Å². The van der Waals surface area contributed by atoms with Gasteiger partial charge >= 0.3 is 5.97 Å². The van der Waals surface area contributed by atoms with Gasteiger partial charge in [-0.15, -0.1) is 0 Å². The molecule has 0 bridgehead atoms. The minimum atomic E-state index is -1.22. The molecule has 1 fully saturated rings. The van der Waals surface area contributed by atoms with E-state index < -0.39 is 17.7 Å². The molecule has 1 aliphatic rings. The number of carboxylic acids is 1. The van der Waals surface area contributed by atoms with Crippen LogP contribution >= 0.6 is 0 Å². The molecule has 21 heavy (non-hydrogen) atoms. The number of nitrogens with zero attached hydrogens (tertiary/aromatic N) is 1. The maximum absolute atomic E-state index is 13.9. The number of benzene rings is 1. The van der Waals surface area contributed by atoms with Crippen molar-refractivity contribution in [3.05, 3.63) is 35.1 Å². The van der Waals surface area contributed by atoms with E-state index in [1.54, 1.807) is 4.90 Å². The van der Waals surface area contributed by atoms with Crippen LogP contribution in [-0.2, 0) is 4.74 Å². The standard InChI is InChI=1S/C15H18FNO4/c1-2-3-11-9-17(6-7-21-11)14(18)12-5-4-10(15(19)20)8-13(12)16/h4-5,8,11H,2-3,6-7,9H2,1H3,(H,19,20). The second kappa shape index (κ2) is 6.67. The highest BCUT2D eigenvalue weighted by atomic mass is 19.1. The SMILES string of the molecule is CCCC1CN(C(=O)c2ccc(C(=O)O)cc2F)CCO1. The molecule has 0 spiro atoms. The molecule has 1 heterocycles. The first-order chi connectivity index (χ1) is 10.0. The Morgan fingerprint density at radius 2 is 2.24 bits per heavy atom. The van der Waals surface area contributed by atoms with E-state index in [0.29, 0.717) is 19.7 Å². The molecule has 0 radical (unpaired) electrons. The predicted octanol–water partition coefficient (Wildman–Crippen LogP) is 2.17. The number of carboxylic acid groups (broad SMARTS) is 1. The van der Waals surface area contributed by atoms with E-state index in [4.69, 9.17) is 9.84 Å². The van der Waals surface area contributed by atoms with Crippen LogP contribution in [0.15, 0.2) is 18.2 Å². The van der Waals surface area contributed by atoms with Gasteiger partial charge in [0.1, 0.15) is 5.82 Å². The Bertz CT molecular complexity index is 544. The zero-order valence-corrected chi connectivity index (χ0v) is 11.8. The van der Waals surface area contributed by atoms with Crippen LogP contribution in [0.5, 0.6) is 0 Å². The fourth-order valence-corrected chi connectivity index (χ4v) is 2.39. The Labute approximate surface area is 122 Å². The molecule has 2 rings (SSSR count). The van der Waals surface area contributed by atoms with Gasteiger partial charge in [-0.2, -0.15) is 0 Å². The number of amides is 1. The summed E-state index contributed by atoms with van der Waals surface area (Å²) in [6.07, 6.45) is 1.78. The summed E-state index contributed by atoms with van der Waals surface area (Å²) in [5.41, 5.74) is -0.271. The summed E-state index contributed by atoms with van der Waals surface area (Å²) in [4.78, 5) is 24.7. The summed E-state index contributed by atoms with van der Waals surface area (Å²) in [6, 6.07) is 3.34. The van der Waals surface area contributed by atoms with Crippen molar-refractivity contribution < 1.29 is 23.8 Å². The highest BCUT2D eigenvalue weighted by Gasteiger charge is 2.26. The molecule has 1 unspecified atom stereocenters. The van der Waals surface area contributed by atoms with Crippen LogP contribution in [0, 0.1) is 5.82 Å². The maximum atomic E-state index is 13.9. The summed E-state index contributed by atoms with van der Waals surface area (Å²) < 4.78 is 19.5. The minimum Gasteiger partial charge on any atom is -0.478 e.